The molecule has 1 unspecified atom stereocenters. The molecule has 1 heterocycles. The Kier molecular flexibility index (Phi) is 5.40. The number of hydrogen-bond acceptors (Lipinski definition) is 5. The zero-order valence-electron chi connectivity index (χ0n) is 12.0. The van der Waals surface area contributed by atoms with Crippen LogP contribution in [0.15, 0.2) is 0 Å². The average molecular weight is 304 g/mol. The first-order chi connectivity index (χ1) is 9.53. The molecular formula is C13H24N2O4S. The summed E-state index contributed by atoms with van der Waals surface area (Å²) in [6.07, 6.45) is 3.99. The highest BCUT2D eigenvalue weighted by Crippen LogP contribution is 2.31. The van der Waals surface area contributed by atoms with Crippen molar-refractivity contribution in [3.63, 3.8) is 0 Å². The number of ether oxygens (including phenoxy) is 1. The van der Waals surface area contributed by atoms with E-state index in [9.17, 15) is 13.2 Å². The number of carbonyl (C=O) groups excluding carboxylic acids is 1. The third kappa shape index (κ3) is 4.43. The lowest BCUT2D eigenvalue weighted by Crippen LogP contribution is -2.43. The monoisotopic (exact) mass is 304 g/mol. The first-order valence-corrected chi connectivity index (χ1v) is 8.91. The molecule has 6 nitrogen and oxygen atoms in total. The Morgan fingerprint density at radius 3 is 2.65 bits per heavy atom. The van der Waals surface area contributed by atoms with E-state index in [-0.39, 0.29) is 18.2 Å². The van der Waals surface area contributed by atoms with Gasteiger partial charge in [0.2, 0.25) is 10.0 Å². The van der Waals surface area contributed by atoms with Crippen LogP contribution in [0.25, 0.3) is 0 Å². The van der Waals surface area contributed by atoms with Crippen LogP contribution < -0.4 is 5.32 Å². The van der Waals surface area contributed by atoms with E-state index in [1.54, 1.807) is 4.31 Å². The number of nitrogens with one attached hydrogen (secondary N) is 1. The van der Waals surface area contributed by atoms with Gasteiger partial charge in [-0.05, 0) is 44.7 Å². The van der Waals surface area contributed by atoms with Crippen molar-refractivity contribution in [3.05, 3.63) is 0 Å². The lowest BCUT2D eigenvalue weighted by Gasteiger charge is -2.29. The van der Waals surface area contributed by atoms with E-state index in [1.165, 1.54) is 7.11 Å². The molecule has 1 atom stereocenters. The topological polar surface area (TPSA) is 75.7 Å². The third-order valence-corrected chi connectivity index (χ3v) is 5.82. The quantitative estimate of drug-likeness (QED) is 0.687. The predicted molar refractivity (Wildman–Crippen MR) is 75.7 cm³/mol. The van der Waals surface area contributed by atoms with Crippen LogP contribution in [0.3, 0.4) is 0 Å². The average Bonchev–Trinajstić information content (AvgIpc) is 3.27. The number of hydrogen-bond donors (Lipinski definition) is 1. The maximum Gasteiger partial charge on any atom is 0.306 e. The van der Waals surface area contributed by atoms with Crippen LogP contribution in [0.5, 0.6) is 0 Å². The predicted octanol–water partition coefficient (Wildman–Crippen LogP) is 0.343. The molecule has 1 aliphatic heterocycles. The SMILES string of the molecule is COC(=O)CCS(=O)(=O)N(CC1CCCNC1)C1CC1. The Hall–Kier alpha value is -0.660. The summed E-state index contributed by atoms with van der Waals surface area (Å²) < 4.78 is 31.0. The fourth-order valence-electron chi connectivity index (χ4n) is 2.62. The number of piperidine rings is 1. The third-order valence-electron chi connectivity index (χ3n) is 3.94. The summed E-state index contributed by atoms with van der Waals surface area (Å²) >= 11 is 0. The Balaban J connectivity index is 1.94. The number of methoxy groups -OCH3 is 1. The van der Waals surface area contributed by atoms with Crippen LogP contribution in [-0.4, -0.2) is 57.2 Å². The summed E-state index contributed by atoms with van der Waals surface area (Å²) in [5, 5.41) is 3.31. The van der Waals surface area contributed by atoms with E-state index in [2.05, 4.69) is 10.1 Å². The van der Waals surface area contributed by atoms with Crippen molar-refractivity contribution in [1.29, 1.82) is 0 Å². The minimum absolute atomic E-state index is 0.0645. The highest BCUT2D eigenvalue weighted by Gasteiger charge is 2.38. The van der Waals surface area contributed by atoms with E-state index in [4.69, 9.17) is 0 Å². The maximum absolute atomic E-state index is 12.4. The molecule has 0 aromatic heterocycles. The van der Waals surface area contributed by atoms with Gasteiger partial charge in [0.1, 0.15) is 0 Å². The normalized spacial score (nSPS) is 23.8. The largest absolute Gasteiger partial charge is 0.469 e. The minimum atomic E-state index is -3.36. The van der Waals surface area contributed by atoms with Gasteiger partial charge in [0.05, 0.1) is 19.3 Å². The molecule has 116 valence electrons. The number of carbonyl (C=O) groups is 1. The Morgan fingerprint density at radius 2 is 2.10 bits per heavy atom. The molecule has 2 fully saturated rings. The van der Waals surface area contributed by atoms with Gasteiger partial charge in [-0.1, -0.05) is 0 Å². The van der Waals surface area contributed by atoms with Gasteiger partial charge in [0, 0.05) is 12.6 Å². The van der Waals surface area contributed by atoms with Crippen LogP contribution in [-0.2, 0) is 19.6 Å². The number of sulfonamides is 1. The van der Waals surface area contributed by atoms with Crippen molar-refractivity contribution >= 4 is 16.0 Å². The van der Waals surface area contributed by atoms with E-state index >= 15 is 0 Å². The molecule has 1 N–H and O–H groups in total. The molecule has 0 aromatic rings. The Bertz CT molecular complexity index is 428. The van der Waals surface area contributed by atoms with Gasteiger partial charge in [0.15, 0.2) is 0 Å². The summed E-state index contributed by atoms with van der Waals surface area (Å²) in [4.78, 5) is 11.1. The minimum Gasteiger partial charge on any atom is -0.469 e. The van der Waals surface area contributed by atoms with Crippen molar-refractivity contribution < 1.29 is 17.9 Å². The molecular weight excluding hydrogens is 280 g/mol. The zero-order valence-corrected chi connectivity index (χ0v) is 12.8. The van der Waals surface area contributed by atoms with Gasteiger partial charge in [0.25, 0.3) is 0 Å². The van der Waals surface area contributed by atoms with Gasteiger partial charge < -0.3 is 10.1 Å². The molecule has 0 spiro atoms. The zero-order chi connectivity index (χ0) is 14.6. The second-order valence-corrected chi connectivity index (χ2v) is 7.70. The molecule has 7 heteroatoms. The van der Waals surface area contributed by atoms with Crippen LogP contribution in [0.4, 0.5) is 0 Å². The lowest BCUT2D eigenvalue weighted by molar-refractivity contribution is -0.140. The van der Waals surface area contributed by atoms with Crippen LogP contribution in [0, 0.1) is 5.92 Å². The van der Waals surface area contributed by atoms with Crippen LogP contribution >= 0.6 is 0 Å². The van der Waals surface area contributed by atoms with E-state index in [0.29, 0.717) is 12.5 Å². The van der Waals surface area contributed by atoms with Crippen molar-refractivity contribution in [2.45, 2.75) is 38.1 Å². The van der Waals surface area contributed by atoms with Gasteiger partial charge in [-0.25, -0.2) is 8.42 Å². The van der Waals surface area contributed by atoms with Crippen molar-refractivity contribution in [1.82, 2.24) is 9.62 Å². The highest BCUT2D eigenvalue weighted by atomic mass is 32.2. The second-order valence-electron chi connectivity index (χ2n) is 5.66. The molecule has 0 bridgehead atoms. The molecule has 0 radical (unpaired) electrons. The van der Waals surface area contributed by atoms with Gasteiger partial charge in [-0.3, -0.25) is 4.79 Å². The lowest BCUT2D eigenvalue weighted by atomic mass is 10.00. The molecule has 20 heavy (non-hydrogen) atoms. The fraction of sp³-hybridized carbons (Fsp3) is 0.923. The van der Waals surface area contributed by atoms with Crippen molar-refractivity contribution in [2.75, 3.05) is 32.5 Å². The molecule has 1 saturated heterocycles. The summed E-state index contributed by atoms with van der Waals surface area (Å²) in [6, 6.07) is 0.152. The summed E-state index contributed by atoms with van der Waals surface area (Å²) in [6.45, 7) is 2.49. The summed E-state index contributed by atoms with van der Waals surface area (Å²) in [5.41, 5.74) is 0. The fourth-order valence-corrected chi connectivity index (χ4v) is 4.38. The molecule has 2 rings (SSSR count). The smallest absolute Gasteiger partial charge is 0.306 e. The molecule has 2 aliphatic rings. The van der Waals surface area contributed by atoms with Crippen LogP contribution in [0.2, 0.25) is 0 Å². The summed E-state index contributed by atoms with van der Waals surface area (Å²) in [5.74, 6) is -0.225. The number of rotatable bonds is 7. The van der Waals surface area contributed by atoms with Gasteiger partial charge in [-0.2, -0.15) is 4.31 Å². The Labute approximate surface area is 120 Å². The molecule has 1 aliphatic carbocycles. The Morgan fingerprint density at radius 1 is 1.35 bits per heavy atom. The molecule has 1 saturated carbocycles. The van der Waals surface area contributed by atoms with Crippen LogP contribution in [0.1, 0.15) is 32.1 Å². The standard InChI is InChI=1S/C13H24N2O4S/c1-19-13(16)6-8-20(17,18)15(12-4-5-12)10-11-3-2-7-14-9-11/h11-12,14H,2-10H2,1H3. The second kappa shape index (κ2) is 6.87. The van der Waals surface area contributed by atoms with E-state index < -0.39 is 16.0 Å². The first-order valence-electron chi connectivity index (χ1n) is 7.30. The molecule has 0 amide bonds. The summed E-state index contributed by atoms with van der Waals surface area (Å²) in [7, 11) is -2.08. The van der Waals surface area contributed by atoms with Gasteiger partial charge in [-0.15, -0.1) is 0 Å². The number of esters is 1. The first kappa shape index (κ1) is 15.7. The maximum atomic E-state index is 12.4. The molecule has 0 aromatic carbocycles. The van der Waals surface area contributed by atoms with Gasteiger partial charge >= 0.3 is 5.97 Å². The van der Waals surface area contributed by atoms with Crippen molar-refractivity contribution in [3.8, 4) is 0 Å². The van der Waals surface area contributed by atoms with E-state index in [0.717, 1.165) is 38.8 Å². The highest BCUT2D eigenvalue weighted by molar-refractivity contribution is 7.89. The van der Waals surface area contributed by atoms with Crippen molar-refractivity contribution in [2.24, 2.45) is 5.92 Å². The van der Waals surface area contributed by atoms with E-state index in [1.807, 2.05) is 0 Å². The number of nitrogens with zero attached hydrogens (tertiary/aromatic N) is 1.